The van der Waals surface area contributed by atoms with Crippen molar-refractivity contribution < 1.29 is 4.52 Å². The van der Waals surface area contributed by atoms with Crippen LogP contribution in [0.5, 0.6) is 0 Å². The van der Waals surface area contributed by atoms with Gasteiger partial charge in [-0.15, -0.1) is 0 Å². The normalized spacial score (nSPS) is 10.6. The highest BCUT2D eigenvalue weighted by atomic mass is 35.5. The van der Waals surface area contributed by atoms with Gasteiger partial charge in [-0.05, 0) is 17.7 Å². The van der Waals surface area contributed by atoms with Gasteiger partial charge in [0.2, 0.25) is 0 Å². The Balaban J connectivity index is 1.80. The third-order valence-electron chi connectivity index (χ3n) is 2.92. The van der Waals surface area contributed by atoms with Crippen LogP contribution in [0.15, 0.2) is 65.2 Å². The highest BCUT2D eigenvalue weighted by Gasteiger charge is 2.06. The topological polar surface area (TPSA) is 26.0 Å². The summed E-state index contributed by atoms with van der Waals surface area (Å²) >= 11 is 5.86. The second-order valence-electron chi connectivity index (χ2n) is 4.35. The Kier molecular flexibility index (Phi) is 3.34. The summed E-state index contributed by atoms with van der Waals surface area (Å²) in [5.41, 5.74) is 3.08. The summed E-state index contributed by atoms with van der Waals surface area (Å²) in [5.74, 6) is 0.848. The Morgan fingerprint density at radius 2 is 1.68 bits per heavy atom. The molecule has 0 aliphatic rings. The van der Waals surface area contributed by atoms with E-state index in [2.05, 4.69) is 5.16 Å². The van der Waals surface area contributed by atoms with Crippen LogP contribution in [0.25, 0.3) is 11.3 Å². The van der Waals surface area contributed by atoms with E-state index < -0.39 is 0 Å². The molecule has 94 valence electrons. The number of hydrogen-bond donors (Lipinski definition) is 0. The van der Waals surface area contributed by atoms with E-state index in [0.29, 0.717) is 0 Å². The zero-order valence-corrected chi connectivity index (χ0v) is 11.0. The smallest absolute Gasteiger partial charge is 0.141 e. The van der Waals surface area contributed by atoms with Crippen molar-refractivity contribution in [3.63, 3.8) is 0 Å². The molecule has 0 amide bonds. The molecule has 3 rings (SSSR count). The molecule has 2 nitrogen and oxygen atoms in total. The van der Waals surface area contributed by atoms with Crippen LogP contribution >= 0.6 is 11.6 Å². The summed E-state index contributed by atoms with van der Waals surface area (Å²) in [4.78, 5) is 0. The molecule has 19 heavy (non-hydrogen) atoms. The molecular formula is C16H12ClNO. The molecule has 0 radical (unpaired) electrons. The van der Waals surface area contributed by atoms with Crippen LogP contribution in [-0.2, 0) is 6.42 Å². The van der Waals surface area contributed by atoms with E-state index in [1.54, 1.807) is 0 Å². The van der Waals surface area contributed by atoms with E-state index in [9.17, 15) is 0 Å². The van der Waals surface area contributed by atoms with Crippen LogP contribution in [0.3, 0.4) is 0 Å². The van der Waals surface area contributed by atoms with Crippen molar-refractivity contribution in [2.24, 2.45) is 0 Å². The zero-order chi connectivity index (χ0) is 13.1. The first-order valence-electron chi connectivity index (χ1n) is 6.07. The lowest BCUT2D eigenvalue weighted by Crippen LogP contribution is -1.84. The Hall–Kier alpha value is -2.06. The monoisotopic (exact) mass is 269 g/mol. The van der Waals surface area contributed by atoms with Crippen molar-refractivity contribution in [2.75, 3.05) is 0 Å². The fourth-order valence-electron chi connectivity index (χ4n) is 1.94. The maximum atomic E-state index is 5.86. The standard InChI is InChI=1S/C16H12ClNO/c17-14-8-6-12(7-9-14)10-15-11-16(18-19-15)13-4-2-1-3-5-13/h1-9,11H,10H2. The molecule has 0 spiro atoms. The summed E-state index contributed by atoms with van der Waals surface area (Å²) in [5, 5.41) is 4.84. The van der Waals surface area contributed by atoms with Gasteiger partial charge in [0.15, 0.2) is 0 Å². The quantitative estimate of drug-likeness (QED) is 0.695. The van der Waals surface area contributed by atoms with Crippen molar-refractivity contribution in [3.05, 3.63) is 77.0 Å². The number of halogens is 1. The second kappa shape index (κ2) is 5.29. The highest BCUT2D eigenvalue weighted by Crippen LogP contribution is 2.20. The van der Waals surface area contributed by atoms with Gasteiger partial charge < -0.3 is 4.52 Å². The molecule has 1 aromatic heterocycles. The molecule has 3 aromatic rings. The molecule has 0 aliphatic heterocycles. The SMILES string of the molecule is Clc1ccc(Cc2cc(-c3ccccc3)no2)cc1. The lowest BCUT2D eigenvalue weighted by molar-refractivity contribution is 0.391. The van der Waals surface area contributed by atoms with Gasteiger partial charge in [0.05, 0.1) is 0 Å². The van der Waals surface area contributed by atoms with E-state index in [1.165, 1.54) is 0 Å². The van der Waals surface area contributed by atoms with Crippen molar-refractivity contribution >= 4 is 11.6 Å². The van der Waals surface area contributed by atoms with Gasteiger partial charge in [0.1, 0.15) is 11.5 Å². The number of nitrogens with zero attached hydrogens (tertiary/aromatic N) is 1. The van der Waals surface area contributed by atoms with E-state index >= 15 is 0 Å². The second-order valence-corrected chi connectivity index (χ2v) is 4.78. The minimum absolute atomic E-state index is 0.719. The predicted octanol–water partition coefficient (Wildman–Crippen LogP) is 4.59. The number of rotatable bonds is 3. The van der Waals surface area contributed by atoms with E-state index in [0.717, 1.165) is 34.0 Å². The molecule has 0 bridgehead atoms. The van der Waals surface area contributed by atoms with Crippen LogP contribution in [0, 0.1) is 0 Å². The third-order valence-corrected chi connectivity index (χ3v) is 3.17. The summed E-state index contributed by atoms with van der Waals surface area (Å²) in [6.45, 7) is 0. The molecule has 0 N–H and O–H groups in total. The molecule has 0 unspecified atom stereocenters. The molecule has 0 fully saturated rings. The van der Waals surface area contributed by atoms with Gasteiger partial charge in [-0.25, -0.2) is 0 Å². The molecule has 0 aliphatic carbocycles. The van der Waals surface area contributed by atoms with Crippen molar-refractivity contribution in [1.82, 2.24) is 5.16 Å². The summed E-state index contributed by atoms with van der Waals surface area (Å²) in [6, 6.07) is 19.7. The van der Waals surface area contributed by atoms with Gasteiger partial charge >= 0.3 is 0 Å². The number of hydrogen-bond acceptors (Lipinski definition) is 2. The lowest BCUT2D eigenvalue weighted by Gasteiger charge is -1.96. The minimum Gasteiger partial charge on any atom is -0.360 e. The fraction of sp³-hybridized carbons (Fsp3) is 0.0625. The van der Waals surface area contributed by atoms with Gasteiger partial charge in [0, 0.05) is 23.1 Å². The average Bonchev–Trinajstić information content (AvgIpc) is 2.91. The lowest BCUT2D eigenvalue weighted by atomic mass is 10.1. The van der Waals surface area contributed by atoms with Gasteiger partial charge in [-0.3, -0.25) is 0 Å². The highest BCUT2D eigenvalue weighted by molar-refractivity contribution is 6.30. The van der Waals surface area contributed by atoms with E-state index in [1.807, 2.05) is 60.7 Å². The fourth-order valence-corrected chi connectivity index (χ4v) is 2.07. The Labute approximate surface area is 116 Å². The zero-order valence-electron chi connectivity index (χ0n) is 10.2. The van der Waals surface area contributed by atoms with Gasteiger partial charge in [-0.1, -0.05) is 59.2 Å². The predicted molar refractivity (Wildman–Crippen MR) is 76.2 cm³/mol. The molecule has 0 saturated carbocycles. The Bertz CT molecular complexity index is 659. The molecule has 3 heteroatoms. The van der Waals surface area contributed by atoms with E-state index in [-0.39, 0.29) is 0 Å². The first-order valence-corrected chi connectivity index (χ1v) is 6.44. The summed E-state index contributed by atoms with van der Waals surface area (Å²) in [7, 11) is 0. The molecular weight excluding hydrogens is 258 g/mol. The Morgan fingerprint density at radius 1 is 0.947 bits per heavy atom. The molecule has 2 aromatic carbocycles. The van der Waals surface area contributed by atoms with Crippen LogP contribution in [0.4, 0.5) is 0 Å². The van der Waals surface area contributed by atoms with Crippen LogP contribution in [-0.4, -0.2) is 5.16 Å². The van der Waals surface area contributed by atoms with Gasteiger partial charge in [0.25, 0.3) is 0 Å². The average molecular weight is 270 g/mol. The van der Waals surface area contributed by atoms with Gasteiger partial charge in [-0.2, -0.15) is 0 Å². The van der Waals surface area contributed by atoms with Crippen molar-refractivity contribution in [3.8, 4) is 11.3 Å². The third kappa shape index (κ3) is 2.85. The molecule has 1 heterocycles. The van der Waals surface area contributed by atoms with E-state index in [4.69, 9.17) is 16.1 Å². The maximum absolute atomic E-state index is 5.86. The van der Waals surface area contributed by atoms with Crippen LogP contribution < -0.4 is 0 Å². The van der Waals surface area contributed by atoms with Crippen molar-refractivity contribution in [2.45, 2.75) is 6.42 Å². The first-order chi connectivity index (χ1) is 9.31. The minimum atomic E-state index is 0.719. The molecule has 0 atom stereocenters. The largest absolute Gasteiger partial charge is 0.360 e. The Morgan fingerprint density at radius 3 is 2.42 bits per heavy atom. The number of benzene rings is 2. The first kappa shape index (κ1) is 12.0. The van der Waals surface area contributed by atoms with Crippen LogP contribution in [0.2, 0.25) is 5.02 Å². The molecule has 0 saturated heterocycles. The number of aromatic nitrogens is 1. The maximum Gasteiger partial charge on any atom is 0.141 e. The van der Waals surface area contributed by atoms with Crippen molar-refractivity contribution in [1.29, 1.82) is 0 Å². The van der Waals surface area contributed by atoms with Crippen LogP contribution in [0.1, 0.15) is 11.3 Å². The summed E-state index contributed by atoms with van der Waals surface area (Å²) in [6.07, 6.45) is 0.719. The summed E-state index contributed by atoms with van der Waals surface area (Å²) < 4.78 is 5.37.